The molecule has 0 aliphatic carbocycles. The summed E-state index contributed by atoms with van der Waals surface area (Å²) < 4.78 is 0. The van der Waals surface area contributed by atoms with Crippen molar-refractivity contribution >= 4 is 23.1 Å². The van der Waals surface area contributed by atoms with Gasteiger partial charge in [-0.25, -0.2) is 9.97 Å². The molecule has 0 aliphatic heterocycles. The summed E-state index contributed by atoms with van der Waals surface area (Å²) in [4.78, 5) is 13.7. The van der Waals surface area contributed by atoms with E-state index >= 15 is 0 Å². The lowest BCUT2D eigenvalue weighted by molar-refractivity contribution is 0.800. The van der Waals surface area contributed by atoms with Crippen LogP contribution in [0.2, 0.25) is 5.02 Å². The Morgan fingerprint density at radius 2 is 1.24 bits per heavy atom. The van der Waals surface area contributed by atoms with E-state index < -0.39 is 0 Å². The topological polar surface area (TPSA) is 32.3 Å². The minimum atomic E-state index is 0.732. The highest BCUT2D eigenvalue weighted by Crippen LogP contribution is 2.28. The number of anilines is 2. The summed E-state index contributed by atoms with van der Waals surface area (Å²) in [5, 5.41) is 0.740. The molecule has 0 amide bonds. The molecule has 5 heteroatoms. The summed E-state index contributed by atoms with van der Waals surface area (Å²) in [6.07, 6.45) is 1.64. The van der Waals surface area contributed by atoms with Crippen LogP contribution in [0.5, 0.6) is 0 Å². The third kappa shape index (κ3) is 6.54. The van der Waals surface area contributed by atoms with E-state index in [0.29, 0.717) is 0 Å². The maximum absolute atomic E-state index is 6.04. The van der Waals surface area contributed by atoms with Gasteiger partial charge in [-0.3, -0.25) is 0 Å². The van der Waals surface area contributed by atoms with E-state index in [2.05, 4.69) is 105 Å². The third-order valence-corrected chi connectivity index (χ3v) is 6.57. The van der Waals surface area contributed by atoms with E-state index in [1.54, 1.807) is 6.33 Å². The van der Waals surface area contributed by atoms with Gasteiger partial charge in [0.05, 0.1) is 5.69 Å². The quantitative estimate of drug-likeness (QED) is 0.206. The summed E-state index contributed by atoms with van der Waals surface area (Å²) >= 11 is 6.04. The molecule has 0 N–H and O–H groups in total. The molecule has 0 atom stereocenters. The highest BCUT2D eigenvalue weighted by molar-refractivity contribution is 6.30. The Kier molecular flexibility index (Phi) is 7.78. The van der Waals surface area contributed by atoms with Gasteiger partial charge in [-0.1, -0.05) is 96.5 Å². The maximum atomic E-state index is 6.04. The largest absolute Gasteiger partial charge is 0.363 e. The third-order valence-electron chi connectivity index (χ3n) is 6.32. The molecule has 0 aliphatic rings. The Morgan fingerprint density at radius 3 is 1.89 bits per heavy atom. The number of rotatable bonds is 9. The first kappa shape index (κ1) is 24.5. The van der Waals surface area contributed by atoms with E-state index in [1.807, 2.05) is 37.4 Å². The predicted octanol–water partition coefficient (Wildman–Crippen LogP) is 7.64. The number of hydrogen-bond acceptors (Lipinski definition) is 4. The zero-order valence-corrected chi connectivity index (χ0v) is 21.6. The Bertz CT molecular complexity index is 1380. The number of benzene rings is 4. The minimum Gasteiger partial charge on any atom is -0.363 e. The molecule has 37 heavy (non-hydrogen) atoms. The lowest BCUT2D eigenvalue weighted by Crippen LogP contribution is -2.22. The summed E-state index contributed by atoms with van der Waals surface area (Å²) in [6, 6.07) is 39.8. The van der Waals surface area contributed by atoms with Crippen LogP contribution in [-0.2, 0) is 19.6 Å². The summed E-state index contributed by atoms with van der Waals surface area (Å²) in [5.41, 5.74) is 6.83. The fourth-order valence-corrected chi connectivity index (χ4v) is 4.49. The first-order valence-electron chi connectivity index (χ1n) is 12.3. The molecule has 184 valence electrons. The molecular weight excluding hydrogens is 476 g/mol. The van der Waals surface area contributed by atoms with E-state index in [-0.39, 0.29) is 0 Å². The first-order valence-corrected chi connectivity index (χ1v) is 12.7. The van der Waals surface area contributed by atoms with Crippen LogP contribution in [-0.4, -0.2) is 17.0 Å². The standard InChI is InChI=1S/C32H29ClN4/c1-36(21-27-15-17-29(33)18-16-27)32-20-31(34-24-35-32)28-13-8-14-30(19-28)37(22-25-9-4-2-5-10-25)23-26-11-6-3-7-12-26/h2-20,24H,21-23H2,1H3. The second-order valence-corrected chi connectivity index (χ2v) is 9.56. The molecule has 1 aromatic heterocycles. The Hall–Kier alpha value is -4.15. The molecule has 0 spiro atoms. The first-order chi connectivity index (χ1) is 18.1. The van der Waals surface area contributed by atoms with Crippen molar-refractivity contribution in [3.63, 3.8) is 0 Å². The number of halogens is 1. The molecule has 1 heterocycles. The summed E-state index contributed by atoms with van der Waals surface area (Å²) in [7, 11) is 2.04. The molecule has 5 aromatic rings. The van der Waals surface area contributed by atoms with Crippen LogP contribution in [0.4, 0.5) is 11.5 Å². The molecular formula is C32H29ClN4. The molecule has 0 unspecified atom stereocenters. The molecule has 0 radical (unpaired) electrons. The van der Waals surface area contributed by atoms with Crippen LogP contribution in [0.3, 0.4) is 0 Å². The van der Waals surface area contributed by atoms with Crippen LogP contribution in [0.15, 0.2) is 122 Å². The highest BCUT2D eigenvalue weighted by Gasteiger charge is 2.12. The van der Waals surface area contributed by atoms with Crippen LogP contribution in [0, 0.1) is 0 Å². The van der Waals surface area contributed by atoms with E-state index in [1.165, 1.54) is 16.7 Å². The van der Waals surface area contributed by atoms with Crippen molar-refractivity contribution in [1.82, 2.24) is 9.97 Å². The fourth-order valence-electron chi connectivity index (χ4n) is 4.37. The number of hydrogen-bond donors (Lipinski definition) is 0. The van der Waals surface area contributed by atoms with Gasteiger partial charge in [0, 0.05) is 49.0 Å². The zero-order valence-electron chi connectivity index (χ0n) is 20.8. The van der Waals surface area contributed by atoms with Gasteiger partial charge in [0.15, 0.2) is 0 Å². The number of nitrogens with zero attached hydrogens (tertiary/aromatic N) is 4. The summed E-state index contributed by atoms with van der Waals surface area (Å²) in [6.45, 7) is 2.37. The smallest absolute Gasteiger partial charge is 0.132 e. The Balaban J connectivity index is 1.41. The van der Waals surface area contributed by atoms with Crippen molar-refractivity contribution in [3.05, 3.63) is 143 Å². The Morgan fingerprint density at radius 1 is 0.622 bits per heavy atom. The Labute approximate surface area is 223 Å². The second kappa shape index (κ2) is 11.7. The SMILES string of the molecule is CN(Cc1ccc(Cl)cc1)c1cc(-c2cccc(N(Cc3ccccc3)Cc3ccccc3)c2)ncn1. The molecule has 4 aromatic carbocycles. The fraction of sp³-hybridized carbons (Fsp3) is 0.125. The van der Waals surface area contributed by atoms with Crippen molar-refractivity contribution in [2.24, 2.45) is 0 Å². The van der Waals surface area contributed by atoms with Crippen molar-refractivity contribution in [2.45, 2.75) is 19.6 Å². The van der Waals surface area contributed by atoms with Crippen molar-refractivity contribution in [2.75, 3.05) is 16.8 Å². The molecule has 0 fully saturated rings. The van der Waals surface area contributed by atoms with Gasteiger partial charge in [0.1, 0.15) is 12.1 Å². The molecule has 0 saturated heterocycles. The van der Waals surface area contributed by atoms with Crippen LogP contribution < -0.4 is 9.80 Å². The second-order valence-electron chi connectivity index (χ2n) is 9.12. The average molecular weight is 505 g/mol. The molecule has 0 bridgehead atoms. The lowest BCUT2D eigenvalue weighted by atomic mass is 10.1. The van der Waals surface area contributed by atoms with Gasteiger partial charge in [0.2, 0.25) is 0 Å². The van der Waals surface area contributed by atoms with Gasteiger partial charge >= 0.3 is 0 Å². The van der Waals surface area contributed by atoms with E-state index in [4.69, 9.17) is 11.6 Å². The van der Waals surface area contributed by atoms with Gasteiger partial charge in [-0.2, -0.15) is 0 Å². The molecule has 5 rings (SSSR count). The van der Waals surface area contributed by atoms with Gasteiger partial charge < -0.3 is 9.80 Å². The monoisotopic (exact) mass is 504 g/mol. The van der Waals surface area contributed by atoms with Crippen molar-refractivity contribution in [3.8, 4) is 11.3 Å². The molecule has 0 saturated carbocycles. The average Bonchev–Trinajstić information content (AvgIpc) is 2.95. The highest BCUT2D eigenvalue weighted by atomic mass is 35.5. The van der Waals surface area contributed by atoms with Gasteiger partial charge in [0.25, 0.3) is 0 Å². The number of aromatic nitrogens is 2. The van der Waals surface area contributed by atoms with Crippen LogP contribution in [0.1, 0.15) is 16.7 Å². The van der Waals surface area contributed by atoms with Crippen molar-refractivity contribution < 1.29 is 0 Å². The zero-order chi connectivity index (χ0) is 25.5. The van der Waals surface area contributed by atoms with E-state index in [9.17, 15) is 0 Å². The van der Waals surface area contributed by atoms with Gasteiger partial charge in [-0.15, -0.1) is 0 Å². The maximum Gasteiger partial charge on any atom is 0.132 e. The normalized spacial score (nSPS) is 10.8. The summed E-state index contributed by atoms with van der Waals surface area (Å²) in [5.74, 6) is 0.871. The predicted molar refractivity (Wildman–Crippen MR) is 154 cm³/mol. The molecule has 4 nitrogen and oxygen atoms in total. The van der Waals surface area contributed by atoms with Crippen LogP contribution >= 0.6 is 11.6 Å². The van der Waals surface area contributed by atoms with Crippen LogP contribution in [0.25, 0.3) is 11.3 Å². The minimum absolute atomic E-state index is 0.732. The van der Waals surface area contributed by atoms with E-state index in [0.717, 1.165) is 47.4 Å². The van der Waals surface area contributed by atoms with Crippen molar-refractivity contribution in [1.29, 1.82) is 0 Å². The lowest BCUT2D eigenvalue weighted by Gasteiger charge is -2.26. The van der Waals surface area contributed by atoms with Gasteiger partial charge in [-0.05, 0) is 41.0 Å².